The number of allylic oxidation sites excluding steroid dienone is 2. The summed E-state index contributed by atoms with van der Waals surface area (Å²) in [5, 5.41) is 22.9. The Morgan fingerprint density at radius 2 is 1.50 bits per heavy atom. The Morgan fingerprint density at radius 1 is 0.812 bits per heavy atom. The fourth-order valence-electron chi connectivity index (χ4n) is 11.2. The van der Waals surface area contributed by atoms with Gasteiger partial charge in [0.05, 0.1) is 12.2 Å². The Bertz CT molecular complexity index is 814. The molecule has 0 amide bonds. The molecule has 32 heavy (non-hydrogen) atoms. The molecule has 2 heteroatoms. The van der Waals surface area contributed by atoms with Crippen molar-refractivity contribution >= 4 is 0 Å². The summed E-state index contributed by atoms with van der Waals surface area (Å²) in [5.41, 5.74) is 2.55. The zero-order chi connectivity index (χ0) is 23.5. The summed E-state index contributed by atoms with van der Waals surface area (Å²) >= 11 is 0. The molecule has 0 aromatic rings. The molecule has 4 fully saturated rings. The van der Waals surface area contributed by atoms with E-state index < -0.39 is 0 Å². The van der Waals surface area contributed by atoms with Crippen molar-refractivity contribution in [1.82, 2.24) is 0 Å². The average Bonchev–Trinajstić information content (AvgIpc) is 2.71. The minimum absolute atomic E-state index is 0.0258. The lowest BCUT2D eigenvalue weighted by Crippen LogP contribution is -2.69. The predicted octanol–water partition coefficient (Wildman–Crippen LogP) is 7.00. The van der Waals surface area contributed by atoms with Crippen LogP contribution in [0.2, 0.25) is 0 Å². The molecule has 0 bridgehead atoms. The van der Waals surface area contributed by atoms with Crippen LogP contribution in [0.3, 0.4) is 0 Å². The van der Waals surface area contributed by atoms with E-state index in [2.05, 4.69) is 61.5 Å². The summed E-state index contributed by atoms with van der Waals surface area (Å²) < 4.78 is 0. The number of rotatable bonds is 0. The van der Waals surface area contributed by atoms with Crippen molar-refractivity contribution in [2.75, 3.05) is 0 Å². The van der Waals surface area contributed by atoms with Crippen molar-refractivity contribution in [2.24, 2.45) is 56.7 Å². The van der Waals surface area contributed by atoms with Gasteiger partial charge in [0.2, 0.25) is 0 Å². The highest BCUT2D eigenvalue weighted by molar-refractivity contribution is 5.23. The summed E-state index contributed by atoms with van der Waals surface area (Å²) in [6.07, 6.45) is 11.4. The highest BCUT2D eigenvalue weighted by atomic mass is 16.3. The molecule has 2 nitrogen and oxygen atoms in total. The quantitative estimate of drug-likeness (QED) is 0.397. The van der Waals surface area contributed by atoms with Crippen LogP contribution in [-0.2, 0) is 0 Å². The number of hydrogen-bond acceptors (Lipinski definition) is 2. The van der Waals surface area contributed by atoms with E-state index in [9.17, 15) is 10.2 Å². The third-order valence-electron chi connectivity index (χ3n) is 13.5. The molecule has 11 atom stereocenters. The van der Waals surface area contributed by atoms with Crippen LogP contribution in [-0.4, -0.2) is 22.4 Å². The molecular weight excluding hydrogens is 392 g/mol. The van der Waals surface area contributed by atoms with E-state index in [-0.39, 0.29) is 33.9 Å². The minimum atomic E-state index is -0.193. The molecule has 4 saturated carbocycles. The third-order valence-corrected chi connectivity index (χ3v) is 13.5. The second-order valence-electron chi connectivity index (χ2n) is 14.8. The molecule has 0 aromatic heterocycles. The van der Waals surface area contributed by atoms with Gasteiger partial charge in [0.15, 0.2) is 0 Å². The van der Waals surface area contributed by atoms with E-state index in [0.29, 0.717) is 35.0 Å². The molecule has 0 unspecified atom stereocenters. The predicted molar refractivity (Wildman–Crippen MR) is 132 cm³/mol. The van der Waals surface area contributed by atoms with Crippen LogP contribution in [0.5, 0.6) is 0 Å². The number of fused-ring (bicyclic) bond motifs is 7. The summed E-state index contributed by atoms with van der Waals surface area (Å²) in [6.45, 7) is 19.7. The molecule has 0 aliphatic heterocycles. The first-order valence-corrected chi connectivity index (χ1v) is 13.8. The molecule has 0 saturated heterocycles. The summed E-state index contributed by atoms with van der Waals surface area (Å²) in [6, 6.07) is 0. The van der Waals surface area contributed by atoms with Crippen molar-refractivity contribution in [1.29, 1.82) is 0 Å². The average molecular weight is 443 g/mol. The largest absolute Gasteiger partial charge is 0.393 e. The lowest BCUT2D eigenvalue weighted by Gasteiger charge is -2.74. The summed E-state index contributed by atoms with van der Waals surface area (Å²) in [4.78, 5) is 0. The molecule has 0 spiro atoms. The highest BCUT2D eigenvalue weighted by Gasteiger charge is 2.71. The van der Waals surface area contributed by atoms with Gasteiger partial charge in [0, 0.05) is 0 Å². The van der Waals surface area contributed by atoms with E-state index in [0.717, 1.165) is 19.3 Å². The van der Waals surface area contributed by atoms with E-state index in [4.69, 9.17) is 0 Å². The van der Waals surface area contributed by atoms with Gasteiger partial charge in [-0.3, -0.25) is 0 Å². The third kappa shape index (κ3) is 2.66. The van der Waals surface area contributed by atoms with E-state index in [1.54, 1.807) is 5.57 Å². The Kier molecular flexibility index (Phi) is 5.02. The van der Waals surface area contributed by atoms with Crippen molar-refractivity contribution < 1.29 is 10.2 Å². The summed E-state index contributed by atoms with van der Waals surface area (Å²) in [5.74, 6) is 2.68. The highest BCUT2D eigenvalue weighted by Crippen LogP contribution is 2.76. The fraction of sp³-hybridized carbons (Fsp3) is 0.933. The lowest BCUT2D eigenvalue weighted by molar-refractivity contribution is -0.275. The molecular formula is C30H50O2. The number of aliphatic hydroxyl groups excluding tert-OH is 2. The Morgan fingerprint density at radius 3 is 2.19 bits per heavy atom. The van der Waals surface area contributed by atoms with Crippen LogP contribution in [0, 0.1) is 56.7 Å². The fourth-order valence-corrected chi connectivity index (χ4v) is 11.2. The van der Waals surface area contributed by atoms with Gasteiger partial charge >= 0.3 is 0 Å². The zero-order valence-corrected chi connectivity index (χ0v) is 22.2. The van der Waals surface area contributed by atoms with Crippen molar-refractivity contribution in [3.8, 4) is 0 Å². The number of hydrogen-bond donors (Lipinski definition) is 2. The van der Waals surface area contributed by atoms with Gasteiger partial charge in [0.25, 0.3) is 0 Å². The van der Waals surface area contributed by atoms with Crippen LogP contribution in [0.25, 0.3) is 0 Å². The van der Waals surface area contributed by atoms with Gasteiger partial charge < -0.3 is 10.2 Å². The SMILES string of the molecule is CC1=CC[C@]2(C)CC[C@]3(C)[C@@H]([C@H]2[C@@H]1C)[C@@H](O)C[C@@H]1[C@@]2(C)CC[C@H](O)C(C)(C)[C@@H]2CC[C@]13C. The maximum atomic E-state index is 12.0. The topological polar surface area (TPSA) is 40.5 Å². The van der Waals surface area contributed by atoms with Crippen LogP contribution in [0.1, 0.15) is 107 Å². The van der Waals surface area contributed by atoms with Crippen molar-refractivity contribution in [2.45, 2.75) is 119 Å². The molecule has 5 rings (SSSR count). The molecule has 2 N–H and O–H groups in total. The van der Waals surface area contributed by atoms with E-state index in [1.165, 1.54) is 32.1 Å². The van der Waals surface area contributed by atoms with Gasteiger partial charge in [-0.15, -0.1) is 0 Å². The van der Waals surface area contributed by atoms with E-state index >= 15 is 0 Å². The first kappa shape index (κ1) is 23.4. The van der Waals surface area contributed by atoms with Gasteiger partial charge in [0.1, 0.15) is 0 Å². The molecule has 0 heterocycles. The van der Waals surface area contributed by atoms with E-state index in [1.807, 2.05) is 0 Å². The Labute approximate surface area is 197 Å². The Hall–Kier alpha value is -0.340. The monoisotopic (exact) mass is 442 g/mol. The molecule has 5 aliphatic carbocycles. The van der Waals surface area contributed by atoms with Gasteiger partial charge in [-0.05, 0) is 115 Å². The normalized spacial score (nSPS) is 59.2. The van der Waals surface area contributed by atoms with Crippen molar-refractivity contribution in [3.63, 3.8) is 0 Å². The van der Waals surface area contributed by atoms with Gasteiger partial charge in [-0.25, -0.2) is 0 Å². The molecule has 0 radical (unpaired) electrons. The minimum Gasteiger partial charge on any atom is -0.393 e. The zero-order valence-electron chi connectivity index (χ0n) is 22.2. The standard InChI is InChI=1S/C30H50O2/c1-18-9-12-27(5)15-16-30(8)25(24(27)19(18)2)20(31)17-22-28(6)13-11-23(32)26(3,4)21(28)10-14-29(22,30)7/h9,19-25,31-32H,10-17H2,1-8H3/t19-,20+,21+,22-,23+,24-,25-,27-,28+,29-,30-/m1/s1. The summed E-state index contributed by atoms with van der Waals surface area (Å²) in [7, 11) is 0. The van der Waals surface area contributed by atoms with Crippen LogP contribution < -0.4 is 0 Å². The second kappa shape index (κ2) is 6.87. The smallest absolute Gasteiger partial charge is 0.0594 e. The molecule has 5 aliphatic rings. The Balaban J connectivity index is 1.59. The second-order valence-corrected chi connectivity index (χ2v) is 14.8. The maximum absolute atomic E-state index is 12.0. The van der Waals surface area contributed by atoms with Crippen molar-refractivity contribution in [3.05, 3.63) is 11.6 Å². The van der Waals surface area contributed by atoms with Crippen LogP contribution in [0.15, 0.2) is 11.6 Å². The first-order chi connectivity index (χ1) is 14.7. The number of aliphatic hydroxyl groups is 2. The first-order valence-electron chi connectivity index (χ1n) is 13.8. The van der Waals surface area contributed by atoms with Crippen LogP contribution >= 0.6 is 0 Å². The van der Waals surface area contributed by atoms with Crippen LogP contribution in [0.4, 0.5) is 0 Å². The molecule has 0 aromatic carbocycles. The van der Waals surface area contributed by atoms with Gasteiger partial charge in [-0.2, -0.15) is 0 Å². The van der Waals surface area contributed by atoms with Gasteiger partial charge in [-0.1, -0.05) is 60.1 Å². The lowest BCUT2D eigenvalue weighted by atomic mass is 9.31. The maximum Gasteiger partial charge on any atom is 0.0594 e. The molecule has 182 valence electrons.